The van der Waals surface area contributed by atoms with Crippen LogP contribution >= 0.6 is 23.4 Å². The van der Waals surface area contributed by atoms with Gasteiger partial charge in [-0.05, 0) is 19.3 Å². The highest BCUT2D eigenvalue weighted by atomic mass is 35.5. The van der Waals surface area contributed by atoms with Crippen molar-refractivity contribution in [2.24, 2.45) is 21.6 Å². The fourth-order valence-corrected chi connectivity index (χ4v) is 3.27. The SMILES string of the molecule is [2H]NC(=O)C1CCC2N=C(SCC(=O)O)C(Cl)=NC2C1. The van der Waals surface area contributed by atoms with E-state index in [1.165, 1.54) is 0 Å². The number of aliphatic carboxylic acids is 1. The number of carboxylic acids is 1. The van der Waals surface area contributed by atoms with Crippen LogP contribution in [0.15, 0.2) is 9.98 Å². The molecular formula is C11H14ClN3O3S. The van der Waals surface area contributed by atoms with Crippen LogP contribution in [0.25, 0.3) is 0 Å². The van der Waals surface area contributed by atoms with Gasteiger partial charge < -0.3 is 10.8 Å². The van der Waals surface area contributed by atoms with Gasteiger partial charge in [0.1, 0.15) is 5.04 Å². The van der Waals surface area contributed by atoms with Crippen LogP contribution in [0.3, 0.4) is 0 Å². The number of carbonyl (C=O) groups excluding carboxylic acids is 1. The highest BCUT2D eigenvalue weighted by molar-refractivity contribution is 8.16. The zero-order chi connectivity index (χ0) is 14.7. The Labute approximate surface area is 121 Å². The molecule has 0 aromatic rings. The van der Waals surface area contributed by atoms with Gasteiger partial charge in [0.05, 0.1) is 17.8 Å². The van der Waals surface area contributed by atoms with Crippen LogP contribution in [0, 0.1) is 5.92 Å². The number of halogens is 1. The molecule has 1 aliphatic carbocycles. The minimum absolute atomic E-state index is 0.0522. The summed E-state index contributed by atoms with van der Waals surface area (Å²) < 4.78 is 6.90. The predicted molar refractivity (Wildman–Crippen MR) is 74.9 cm³/mol. The van der Waals surface area contributed by atoms with E-state index in [2.05, 4.69) is 9.98 Å². The lowest BCUT2D eigenvalue weighted by Crippen LogP contribution is -2.40. The average Bonchev–Trinajstić information content (AvgIpc) is 2.43. The minimum atomic E-state index is -0.930. The van der Waals surface area contributed by atoms with E-state index in [9.17, 15) is 9.59 Å². The van der Waals surface area contributed by atoms with Gasteiger partial charge in [-0.3, -0.25) is 19.6 Å². The number of thioether (sulfide) groups is 1. The summed E-state index contributed by atoms with van der Waals surface area (Å²) in [6.07, 6.45) is 1.86. The lowest BCUT2D eigenvalue weighted by Gasteiger charge is -2.33. The fourth-order valence-electron chi connectivity index (χ4n) is 2.29. The van der Waals surface area contributed by atoms with Crippen LogP contribution in [0.5, 0.6) is 0 Å². The summed E-state index contributed by atoms with van der Waals surface area (Å²) in [6.45, 7) is 0. The first-order valence-electron chi connectivity index (χ1n) is 6.39. The van der Waals surface area contributed by atoms with Crippen molar-refractivity contribution in [2.45, 2.75) is 31.3 Å². The molecule has 0 bridgehead atoms. The smallest absolute Gasteiger partial charge is 0.313 e. The van der Waals surface area contributed by atoms with Gasteiger partial charge in [0.2, 0.25) is 5.91 Å². The molecule has 1 amide bonds. The molecular weight excluding hydrogens is 290 g/mol. The molecule has 0 saturated heterocycles. The van der Waals surface area contributed by atoms with Gasteiger partial charge in [-0.1, -0.05) is 23.4 Å². The average molecular weight is 305 g/mol. The second-order valence-electron chi connectivity index (χ2n) is 4.55. The number of carboxylic acid groups (broad SMARTS) is 1. The van der Waals surface area contributed by atoms with Gasteiger partial charge in [0.25, 0.3) is 0 Å². The summed E-state index contributed by atoms with van der Waals surface area (Å²) in [6, 6.07) is -0.212. The van der Waals surface area contributed by atoms with Crippen molar-refractivity contribution in [1.82, 2.24) is 0 Å². The molecule has 1 heterocycles. The number of carbonyl (C=O) groups is 2. The van der Waals surface area contributed by atoms with Gasteiger partial charge in [0, 0.05) is 5.92 Å². The number of hydrogen-bond acceptors (Lipinski definition) is 5. The molecule has 0 aromatic heterocycles. The van der Waals surface area contributed by atoms with Crippen LogP contribution in [0.1, 0.15) is 19.3 Å². The summed E-state index contributed by atoms with van der Waals surface area (Å²) >= 11 is 7.07. The van der Waals surface area contributed by atoms with E-state index in [0.29, 0.717) is 24.3 Å². The highest BCUT2D eigenvalue weighted by Gasteiger charge is 2.35. The molecule has 8 heteroatoms. The summed E-state index contributed by atoms with van der Waals surface area (Å²) in [4.78, 5) is 30.8. The maximum absolute atomic E-state index is 11.5. The molecule has 104 valence electrons. The number of nitrogens with zero attached hydrogens (tertiary/aromatic N) is 2. The third-order valence-electron chi connectivity index (χ3n) is 3.22. The molecule has 1 fully saturated rings. The first-order valence-corrected chi connectivity index (χ1v) is 7.25. The standard InChI is InChI=1S/C11H14ClN3O3S/c12-9-11(19-4-8(16)17)15-6-2-1-5(10(13)18)3-7(6)14-9/h5-7H,1-4H2,(H2,13,18)(H,16,17)/i/hD. The molecule has 1 aliphatic heterocycles. The number of nitrogens with two attached hydrogens (primary N) is 1. The van der Waals surface area contributed by atoms with Gasteiger partial charge in [-0.2, -0.15) is 0 Å². The van der Waals surface area contributed by atoms with E-state index >= 15 is 0 Å². The number of aliphatic imine (C=N–C) groups is 2. The molecule has 3 unspecified atom stereocenters. The maximum atomic E-state index is 11.5. The molecule has 19 heavy (non-hydrogen) atoms. The summed E-state index contributed by atoms with van der Waals surface area (Å²) in [5.41, 5.74) is 1.91. The molecule has 0 spiro atoms. The van der Waals surface area contributed by atoms with Crippen LogP contribution in [-0.2, 0) is 9.59 Å². The molecule has 0 radical (unpaired) electrons. The van der Waals surface area contributed by atoms with E-state index in [4.69, 9.17) is 18.1 Å². The third-order valence-corrected chi connectivity index (χ3v) is 4.58. The highest BCUT2D eigenvalue weighted by Crippen LogP contribution is 2.32. The molecule has 1 saturated carbocycles. The molecule has 0 aromatic carbocycles. The lowest BCUT2D eigenvalue weighted by atomic mass is 9.82. The Balaban J connectivity index is 2.03. The van der Waals surface area contributed by atoms with E-state index in [0.717, 1.165) is 11.8 Å². The van der Waals surface area contributed by atoms with Gasteiger partial charge >= 0.3 is 5.97 Å². The van der Waals surface area contributed by atoms with E-state index in [-0.39, 0.29) is 34.8 Å². The van der Waals surface area contributed by atoms with Crippen LogP contribution < -0.4 is 5.73 Å². The normalized spacial score (nSPS) is 30.6. The number of rotatable bonds is 3. The van der Waals surface area contributed by atoms with E-state index in [1.807, 2.05) is 5.73 Å². The van der Waals surface area contributed by atoms with Crippen LogP contribution in [-0.4, -0.2) is 45.0 Å². The Kier molecular flexibility index (Phi) is 4.03. The van der Waals surface area contributed by atoms with Crippen molar-refractivity contribution in [1.29, 1.82) is 0 Å². The largest absolute Gasteiger partial charge is 0.481 e. The van der Waals surface area contributed by atoms with Crippen molar-refractivity contribution in [3.05, 3.63) is 0 Å². The lowest BCUT2D eigenvalue weighted by molar-refractivity contribution is -0.133. The van der Waals surface area contributed by atoms with Crippen molar-refractivity contribution in [3.63, 3.8) is 0 Å². The van der Waals surface area contributed by atoms with Gasteiger partial charge in [-0.15, -0.1) is 0 Å². The van der Waals surface area contributed by atoms with E-state index < -0.39 is 5.97 Å². The Morgan fingerprint density at radius 1 is 1.47 bits per heavy atom. The Morgan fingerprint density at radius 3 is 2.95 bits per heavy atom. The summed E-state index contributed by atoms with van der Waals surface area (Å²) in [5, 5.41) is 9.33. The first-order chi connectivity index (χ1) is 9.51. The maximum Gasteiger partial charge on any atom is 0.313 e. The molecule has 3 atom stereocenters. The minimum Gasteiger partial charge on any atom is -0.481 e. The van der Waals surface area contributed by atoms with Crippen LogP contribution in [0.4, 0.5) is 0 Å². The van der Waals surface area contributed by atoms with Crippen LogP contribution in [0.2, 0.25) is 1.41 Å². The number of amides is 1. The van der Waals surface area contributed by atoms with Crippen molar-refractivity contribution in [3.8, 4) is 0 Å². The Bertz CT molecular complexity index is 486. The fraction of sp³-hybridized carbons (Fsp3) is 0.636. The second kappa shape index (κ2) is 5.92. The second-order valence-corrected chi connectivity index (χ2v) is 5.87. The van der Waals surface area contributed by atoms with Gasteiger partial charge in [0.15, 0.2) is 6.58 Å². The Morgan fingerprint density at radius 2 is 2.26 bits per heavy atom. The van der Waals surface area contributed by atoms with Crippen molar-refractivity contribution >= 4 is 45.5 Å². The number of fused-ring (bicyclic) bond motifs is 1. The van der Waals surface area contributed by atoms with Gasteiger partial charge in [-0.25, -0.2) is 0 Å². The number of hydrogen-bond donors (Lipinski definition) is 2. The third kappa shape index (κ3) is 3.48. The zero-order valence-corrected chi connectivity index (χ0v) is 11.6. The summed E-state index contributed by atoms with van der Waals surface area (Å²) in [7, 11) is 0. The topological polar surface area (TPSA) is 105 Å². The molecule has 6 nitrogen and oxygen atoms in total. The van der Waals surface area contributed by atoms with Crippen molar-refractivity contribution < 1.29 is 16.1 Å². The quantitative estimate of drug-likeness (QED) is 0.807. The monoisotopic (exact) mass is 304 g/mol. The number of primary amides is 1. The molecule has 3 N–H and O–H groups in total. The first kappa shape index (κ1) is 12.9. The summed E-state index contributed by atoms with van der Waals surface area (Å²) in [5.74, 6) is -1.57. The zero-order valence-electron chi connectivity index (χ0n) is 11.0. The Hall–Kier alpha value is -1.08. The van der Waals surface area contributed by atoms with E-state index in [1.54, 1.807) is 0 Å². The molecule has 2 aliphatic rings. The van der Waals surface area contributed by atoms with Crippen molar-refractivity contribution in [2.75, 3.05) is 5.75 Å². The predicted octanol–water partition coefficient (Wildman–Crippen LogP) is 0.876. The molecule has 2 rings (SSSR count).